The Kier molecular flexibility index (Phi) is 6.60. The number of benzene rings is 1. The van der Waals surface area contributed by atoms with E-state index in [1.165, 1.54) is 17.9 Å². The minimum absolute atomic E-state index is 0.388. The maximum atomic E-state index is 13.8. The molecule has 0 amide bonds. The monoisotopic (exact) mass is 357 g/mol. The first-order valence-electron chi connectivity index (χ1n) is 8.67. The lowest BCUT2D eigenvalue weighted by Gasteiger charge is -2.41. The van der Waals surface area contributed by atoms with E-state index >= 15 is 0 Å². The first-order valence-corrected chi connectivity index (χ1v) is 8.67. The van der Waals surface area contributed by atoms with Crippen LogP contribution in [0.4, 0.5) is 18.9 Å². The van der Waals surface area contributed by atoms with Crippen LogP contribution < -0.4 is 9.64 Å². The van der Waals surface area contributed by atoms with Gasteiger partial charge in [0.25, 0.3) is 0 Å². The Bertz CT molecular complexity index is 522. The number of nitrogens with zero attached hydrogens (tertiary/aromatic N) is 2. The molecule has 1 saturated heterocycles. The molecular formula is C19H28F3N2O. The zero-order valence-corrected chi connectivity index (χ0v) is 15.4. The van der Waals surface area contributed by atoms with Crippen LogP contribution in [0.25, 0.3) is 0 Å². The molecule has 25 heavy (non-hydrogen) atoms. The van der Waals surface area contributed by atoms with Crippen LogP contribution in [0.3, 0.4) is 0 Å². The molecule has 1 atom stereocenters. The van der Waals surface area contributed by atoms with Crippen molar-refractivity contribution < 1.29 is 17.9 Å². The van der Waals surface area contributed by atoms with Gasteiger partial charge in [-0.15, -0.1) is 0 Å². The summed E-state index contributed by atoms with van der Waals surface area (Å²) in [4.78, 5) is 3.61. The second-order valence-electron chi connectivity index (χ2n) is 7.12. The molecule has 0 aliphatic carbocycles. The fourth-order valence-electron chi connectivity index (χ4n) is 3.66. The fourth-order valence-corrected chi connectivity index (χ4v) is 3.66. The summed E-state index contributed by atoms with van der Waals surface area (Å²) in [6.45, 7) is 6.43. The SMILES string of the molecule is COc1ccc(N(C)C(C2CCN(C[C](C)C)CC2)C(F)(F)F)cc1. The molecule has 3 nitrogen and oxygen atoms in total. The van der Waals surface area contributed by atoms with Crippen LogP contribution in [-0.2, 0) is 0 Å². The Hall–Kier alpha value is -1.43. The van der Waals surface area contributed by atoms with Gasteiger partial charge in [0.05, 0.1) is 7.11 Å². The van der Waals surface area contributed by atoms with Crippen molar-refractivity contribution in [1.82, 2.24) is 4.90 Å². The van der Waals surface area contributed by atoms with E-state index in [9.17, 15) is 13.2 Å². The number of hydrogen-bond donors (Lipinski definition) is 0. The summed E-state index contributed by atoms with van der Waals surface area (Å²) in [5.74, 6) is 1.54. The molecule has 0 saturated carbocycles. The molecule has 0 bridgehead atoms. The standard InChI is InChI=1S/C19H28F3N2O/c1-14(2)13-24-11-9-15(10-12-24)18(19(20,21)22)23(3)16-5-7-17(25-4)8-6-16/h5-8,15,18H,9-13H2,1-4H3. The van der Waals surface area contributed by atoms with E-state index < -0.39 is 12.2 Å². The van der Waals surface area contributed by atoms with Crippen LogP contribution in [-0.4, -0.2) is 50.9 Å². The number of methoxy groups -OCH3 is 1. The van der Waals surface area contributed by atoms with Gasteiger partial charge in [0.1, 0.15) is 11.8 Å². The zero-order valence-electron chi connectivity index (χ0n) is 15.4. The highest BCUT2D eigenvalue weighted by Gasteiger charge is 2.47. The molecule has 1 radical (unpaired) electrons. The summed E-state index contributed by atoms with van der Waals surface area (Å²) in [6.07, 6.45) is -3.12. The van der Waals surface area contributed by atoms with E-state index in [0.29, 0.717) is 24.3 Å². The van der Waals surface area contributed by atoms with Gasteiger partial charge in [-0.05, 0) is 62.0 Å². The molecule has 1 aromatic rings. The van der Waals surface area contributed by atoms with Gasteiger partial charge in [-0.2, -0.15) is 13.2 Å². The van der Waals surface area contributed by atoms with Gasteiger partial charge < -0.3 is 14.5 Å². The van der Waals surface area contributed by atoms with Gasteiger partial charge in [-0.25, -0.2) is 0 Å². The molecule has 1 fully saturated rings. The third-order valence-corrected chi connectivity index (χ3v) is 4.85. The highest BCUT2D eigenvalue weighted by Crippen LogP contribution is 2.37. The summed E-state index contributed by atoms with van der Waals surface area (Å²) in [7, 11) is 3.08. The third kappa shape index (κ3) is 5.27. The number of likely N-dealkylation sites (tertiary alicyclic amines) is 1. The van der Waals surface area contributed by atoms with E-state index in [-0.39, 0.29) is 5.92 Å². The summed E-state index contributed by atoms with van der Waals surface area (Å²) >= 11 is 0. The summed E-state index contributed by atoms with van der Waals surface area (Å²) in [6, 6.07) is 5.29. The quantitative estimate of drug-likeness (QED) is 0.751. The van der Waals surface area contributed by atoms with Crippen molar-refractivity contribution in [3.05, 3.63) is 30.2 Å². The van der Waals surface area contributed by atoms with E-state index in [2.05, 4.69) is 18.7 Å². The maximum Gasteiger partial charge on any atom is 0.408 e. The lowest BCUT2D eigenvalue weighted by Crippen LogP contribution is -2.52. The minimum Gasteiger partial charge on any atom is -0.497 e. The Morgan fingerprint density at radius 2 is 1.76 bits per heavy atom. The van der Waals surface area contributed by atoms with Crippen LogP contribution in [0.5, 0.6) is 5.75 Å². The van der Waals surface area contributed by atoms with Gasteiger partial charge >= 0.3 is 6.18 Å². The molecular weight excluding hydrogens is 329 g/mol. The smallest absolute Gasteiger partial charge is 0.408 e. The number of rotatable bonds is 6. The molecule has 141 valence electrons. The van der Waals surface area contributed by atoms with E-state index in [1.807, 2.05) is 0 Å². The zero-order chi connectivity index (χ0) is 18.6. The predicted octanol–water partition coefficient (Wildman–Crippen LogP) is 4.39. The van der Waals surface area contributed by atoms with Crippen LogP contribution in [0.1, 0.15) is 26.7 Å². The maximum absolute atomic E-state index is 13.8. The van der Waals surface area contributed by atoms with Gasteiger partial charge in [0.15, 0.2) is 0 Å². The highest BCUT2D eigenvalue weighted by atomic mass is 19.4. The Morgan fingerprint density at radius 3 is 2.20 bits per heavy atom. The van der Waals surface area contributed by atoms with Crippen molar-refractivity contribution in [2.75, 3.05) is 38.7 Å². The van der Waals surface area contributed by atoms with Gasteiger partial charge in [0.2, 0.25) is 0 Å². The fraction of sp³-hybridized carbons (Fsp3) is 0.632. The molecule has 1 heterocycles. The second kappa shape index (κ2) is 8.30. The summed E-state index contributed by atoms with van der Waals surface area (Å²) in [5.41, 5.74) is 0.559. The van der Waals surface area contributed by atoms with E-state index in [4.69, 9.17) is 4.74 Å². The summed E-state index contributed by atoms with van der Waals surface area (Å²) < 4.78 is 46.5. The van der Waals surface area contributed by atoms with Gasteiger partial charge in [0, 0.05) is 19.3 Å². The van der Waals surface area contributed by atoms with E-state index in [1.54, 1.807) is 31.4 Å². The van der Waals surface area contributed by atoms with Crippen LogP contribution >= 0.6 is 0 Å². The third-order valence-electron chi connectivity index (χ3n) is 4.85. The average molecular weight is 357 g/mol. The van der Waals surface area contributed by atoms with Crippen molar-refractivity contribution >= 4 is 5.69 Å². The second-order valence-corrected chi connectivity index (χ2v) is 7.12. The first-order chi connectivity index (χ1) is 11.7. The van der Waals surface area contributed by atoms with Crippen molar-refractivity contribution in [2.45, 2.75) is 38.9 Å². The molecule has 6 heteroatoms. The van der Waals surface area contributed by atoms with Gasteiger partial charge in [-0.3, -0.25) is 0 Å². The normalized spacial score (nSPS) is 18.4. The molecule has 2 rings (SSSR count). The Balaban J connectivity index is 2.11. The van der Waals surface area contributed by atoms with Crippen LogP contribution in [0.2, 0.25) is 0 Å². The first kappa shape index (κ1) is 19.9. The average Bonchev–Trinajstić information content (AvgIpc) is 2.55. The lowest BCUT2D eigenvalue weighted by molar-refractivity contribution is -0.162. The number of halogens is 3. The summed E-state index contributed by atoms with van der Waals surface area (Å²) in [5, 5.41) is 0. The Labute approximate surface area is 148 Å². The Morgan fingerprint density at radius 1 is 1.20 bits per heavy atom. The topological polar surface area (TPSA) is 15.7 Å². The number of ether oxygens (including phenoxy) is 1. The number of alkyl halides is 3. The molecule has 1 aliphatic rings. The van der Waals surface area contributed by atoms with Crippen molar-refractivity contribution in [3.8, 4) is 5.75 Å². The van der Waals surface area contributed by atoms with Crippen LogP contribution in [0, 0.1) is 11.8 Å². The molecule has 0 N–H and O–H groups in total. The van der Waals surface area contributed by atoms with Crippen molar-refractivity contribution in [2.24, 2.45) is 5.92 Å². The minimum atomic E-state index is -4.26. The molecule has 0 spiro atoms. The van der Waals surface area contributed by atoms with Gasteiger partial charge in [-0.1, -0.05) is 13.8 Å². The molecule has 0 aromatic heterocycles. The van der Waals surface area contributed by atoms with Crippen molar-refractivity contribution in [3.63, 3.8) is 0 Å². The molecule has 1 aromatic carbocycles. The largest absolute Gasteiger partial charge is 0.497 e. The van der Waals surface area contributed by atoms with E-state index in [0.717, 1.165) is 19.6 Å². The highest BCUT2D eigenvalue weighted by molar-refractivity contribution is 5.49. The van der Waals surface area contributed by atoms with Crippen molar-refractivity contribution in [1.29, 1.82) is 0 Å². The number of anilines is 1. The lowest BCUT2D eigenvalue weighted by atomic mass is 9.87. The molecule has 1 aliphatic heterocycles. The number of hydrogen-bond acceptors (Lipinski definition) is 3. The predicted molar refractivity (Wildman–Crippen MR) is 95.0 cm³/mol. The number of piperidine rings is 1. The van der Waals surface area contributed by atoms with Crippen LogP contribution in [0.15, 0.2) is 24.3 Å². The molecule has 1 unspecified atom stereocenters.